The highest BCUT2D eigenvalue weighted by atomic mass is 16.3. The van der Waals surface area contributed by atoms with Crippen LogP contribution in [0.15, 0.2) is 0 Å². The Morgan fingerprint density at radius 3 is 0.719 bits per heavy atom. The van der Waals surface area contributed by atoms with Gasteiger partial charge in [-0.05, 0) is 12.8 Å². The van der Waals surface area contributed by atoms with Gasteiger partial charge in [0.2, 0.25) is 0 Å². The molecule has 0 aromatic rings. The molecule has 0 saturated carbocycles. The van der Waals surface area contributed by atoms with Gasteiger partial charge in [0.25, 0.3) is 0 Å². The topological polar surface area (TPSA) is 20.2 Å². The average molecular weight is 453 g/mol. The number of aliphatic hydroxyl groups is 1. The number of hydrogen-bond acceptors (Lipinski definition) is 1. The van der Waals surface area contributed by atoms with E-state index in [1.807, 2.05) is 0 Å². The number of hydrogen-bond donors (Lipinski definition) is 1. The molecule has 0 radical (unpaired) electrons. The zero-order chi connectivity index (χ0) is 23.4. The summed E-state index contributed by atoms with van der Waals surface area (Å²) in [5.74, 6) is 0. The summed E-state index contributed by atoms with van der Waals surface area (Å²) < 4.78 is 0. The van der Waals surface area contributed by atoms with Crippen LogP contribution in [0.1, 0.15) is 194 Å². The van der Waals surface area contributed by atoms with Crippen LogP contribution in [0.25, 0.3) is 0 Å². The minimum atomic E-state index is -0.0311. The van der Waals surface area contributed by atoms with Crippen molar-refractivity contribution in [2.24, 2.45) is 0 Å². The van der Waals surface area contributed by atoms with Gasteiger partial charge in [0.15, 0.2) is 0 Å². The summed E-state index contributed by atoms with van der Waals surface area (Å²) in [6.07, 6.45) is 38.6. The van der Waals surface area contributed by atoms with Gasteiger partial charge in [0.05, 0.1) is 6.10 Å². The molecule has 194 valence electrons. The van der Waals surface area contributed by atoms with E-state index in [1.165, 1.54) is 167 Å². The van der Waals surface area contributed by atoms with Gasteiger partial charge in [0.1, 0.15) is 0 Å². The molecule has 1 nitrogen and oxygen atoms in total. The van der Waals surface area contributed by atoms with Crippen LogP contribution in [-0.2, 0) is 0 Å². The van der Waals surface area contributed by atoms with Gasteiger partial charge < -0.3 is 5.11 Å². The summed E-state index contributed by atoms with van der Waals surface area (Å²) in [6.45, 7) is 4.57. The molecular weight excluding hydrogens is 388 g/mol. The second kappa shape index (κ2) is 29.0. The van der Waals surface area contributed by atoms with Gasteiger partial charge in [-0.15, -0.1) is 0 Å². The Bertz CT molecular complexity index is 314. The van der Waals surface area contributed by atoms with Crippen molar-refractivity contribution < 1.29 is 5.11 Å². The maximum Gasteiger partial charge on any atom is 0.0540 e. The zero-order valence-corrected chi connectivity index (χ0v) is 22.8. The maximum absolute atomic E-state index is 10.1. The van der Waals surface area contributed by atoms with Crippen molar-refractivity contribution in [3.05, 3.63) is 0 Å². The molecule has 0 aromatic heterocycles. The SMILES string of the molecule is CCCCCCCCCCCCCCCCCCCCCC(O)CCCCCCCCC. The van der Waals surface area contributed by atoms with Crippen LogP contribution in [0, 0.1) is 0 Å². The Morgan fingerprint density at radius 2 is 0.500 bits per heavy atom. The lowest BCUT2D eigenvalue weighted by molar-refractivity contribution is 0.147. The van der Waals surface area contributed by atoms with Crippen LogP contribution in [0.5, 0.6) is 0 Å². The van der Waals surface area contributed by atoms with E-state index < -0.39 is 0 Å². The van der Waals surface area contributed by atoms with E-state index in [2.05, 4.69) is 13.8 Å². The number of aliphatic hydroxyl groups excluding tert-OH is 1. The van der Waals surface area contributed by atoms with E-state index in [4.69, 9.17) is 0 Å². The fourth-order valence-electron chi connectivity index (χ4n) is 4.94. The quantitative estimate of drug-likeness (QED) is 0.117. The minimum absolute atomic E-state index is 0.0311. The molecule has 0 amide bonds. The van der Waals surface area contributed by atoms with Crippen molar-refractivity contribution >= 4 is 0 Å². The molecule has 0 bridgehead atoms. The van der Waals surface area contributed by atoms with Crippen molar-refractivity contribution in [3.8, 4) is 0 Å². The first-order chi connectivity index (χ1) is 15.8. The summed E-state index contributed by atoms with van der Waals surface area (Å²) in [6, 6.07) is 0. The number of unbranched alkanes of at least 4 members (excludes halogenated alkanes) is 24. The average Bonchev–Trinajstić information content (AvgIpc) is 2.80. The summed E-state index contributed by atoms with van der Waals surface area (Å²) in [5, 5.41) is 10.1. The molecule has 1 atom stereocenters. The lowest BCUT2D eigenvalue weighted by Gasteiger charge is -2.10. The number of rotatable bonds is 28. The third kappa shape index (κ3) is 28.0. The van der Waals surface area contributed by atoms with Crippen molar-refractivity contribution in [1.29, 1.82) is 0 Å². The van der Waals surface area contributed by atoms with Crippen LogP contribution in [-0.4, -0.2) is 11.2 Å². The standard InChI is InChI=1S/C31H64O/c1-3-5-7-9-11-12-13-14-15-16-17-18-19-20-21-22-24-26-28-30-31(32)29-27-25-23-10-8-6-4-2/h31-32H,3-30H2,1-2H3. The largest absolute Gasteiger partial charge is 0.393 e. The van der Waals surface area contributed by atoms with Crippen LogP contribution in [0.2, 0.25) is 0 Å². The van der Waals surface area contributed by atoms with Gasteiger partial charge in [0, 0.05) is 0 Å². The van der Waals surface area contributed by atoms with Crippen molar-refractivity contribution in [3.63, 3.8) is 0 Å². The van der Waals surface area contributed by atoms with Crippen molar-refractivity contribution in [2.75, 3.05) is 0 Å². The van der Waals surface area contributed by atoms with E-state index in [-0.39, 0.29) is 6.10 Å². The molecule has 0 aliphatic carbocycles. The molecule has 1 unspecified atom stereocenters. The highest BCUT2D eigenvalue weighted by Gasteiger charge is 2.03. The van der Waals surface area contributed by atoms with Gasteiger partial charge in [-0.2, -0.15) is 0 Å². The van der Waals surface area contributed by atoms with Crippen LogP contribution in [0.4, 0.5) is 0 Å². The summed E-state index contributed by atoms with van der Waals surface area (Å²) in [5.41, 5.74) is 0. The third-order valence-corrected chi connectivity index (χ3v) is 7.28. The van der Waals surface area contributed by atoms with Crippen LogP contribution in [0.3, 0.4) is 0 Å². The zero-order valence-electron chi connectivity index (χ0n) is 22.8. The third-order valence-electron chi connectivity index (χ3n) is 7.28. The molecule has 32 heavy (non-hydrogen) atoms. The molecule has 0 rings (SSSR count). The first-order valence-electron chi connectivity index (χ1n) is 15.5. The molecule has 0 saturated heterocycles. The highest BCUT2D eigenvalue weighted by molar-refractivity contribution is 4.58. The Balaban J connectivity index is 3.10. The maximum atomic E-state index is 10.1. The minimum Gasteiger partial charge on any atom is -0.393 e. The lowest BCUT2D eigenvalue weighted by atomic mass is 10.0. The molecule has 0 aromatic carbocycles. The van der Waals surface area contributed by atoms with Crippen LogP contribution < -0.4 is 0 Å². The Labute approximate surface area is 204 Å². The van der Waals surface area contributed by atoms with Gasteiger partial charge in [-0.3, -0.25) is 0 Å². The summed E-state index contributed by atoms with van der Waals surface area (Å²) >= 11 is 0. The highest BCUT2D eigenvalue weighted by Crippen LogP contribution is 2.16. The predicted octanol–water partition coefficient (Wildman–Crippen LogP) is 11.3. The fourth-order valence-corrected chi connectivity index (χ4v) is 4.94. The van der Waals surface area contributed by atoms with E-state index in [0.29, 0.717) is 0 Å². The molecular formula is C31H64O. The molecule has 0 aliphatic rings. The fraction of sp³-hybridized carbons (Fsp3) is 1.00. The molecule has 0 aliphatic heterocycles. The first kappa shape index (κ1) is 32.0. The summed E-state index contributed by atoms with van der Waals surface area (Å²) in [7, 11) is 0. The predicted molar refractivity (Wildman–Crippen MR) is 147 cm³/mol. The molecule has 0 fully saturated rings. The second-order valence-electron chi connectivity index (χ2n) is 10.7. The Morgan fingerprint density at radius 1 is 0.312 bits per heavy atom. The lowest BCUT2D eigenvalue weighted by Crippen LogP contribution is -2.05. The second-order valence-corrected chi connectivity index (χ2v) is 10.7. The smallest absolute Gasteiger partial charge is 0.0540 e. The molecule has 0 spiro atoms. The van der Waals surface area contributed by atoms with E-state index in [1.54, 1.807) is 0 Å². The first-order valence-corrected chi connectivity index (χ1v) is 15.5. The Kier molecular flexibility index (Phi) is 29.0. The van der Waals surface area contributed by atoms with Crippen LogP contribution >= 0.6 is 0 Å². The molecule has 1 heteroatoms. The van der Waals surface area contributed by atoms with Gasteiger partial charge in [-0.25, -0.2) is 0 Å². The van der Waals surface area contributed by atoms with E-state index in [9.17, 15) is 5.11 Å². The molecule has 0 heterocycles. The summed E-state index contributed by atoms with van der Waals surface area (Å²) in [4.78, 5) is 0. The normalized spacial score (nSPS) is 12.5. The van der Waals surface area contributed by atoms with E-state index in [0.717, 1.165) is 12.8 Å². The van der Waals surface area contributed by atoms with Crippen molar-refractivity contribution in [2.45, 2.75) is 200 Å². The Hall–Kier alpha value is -0.0400. The van der Waals surface area contributed by atoms with Gasteiger partial charge >= 0.3 is 0 Å². The monoisotopic (exact) mass is 452 g/mol. The van der Waals surface area contributed by atoms with E-state index >= 15 is 0 Å². The van der Waals surface area contributed by atoms with Gasteiger partial charge in [-0.1, -0.05) is 181 Å². The van der Waals surface area contributed by atoms with Crippen molar-refractivity contribution in [1.82, 2.24) is 0 Å². The molecule has 1 N–H and O–H groups in total.